The molecule has 0 aromatic heterocycles. The summed E-state index contributed by atoms with van der Waals surface area (Å²) in [7, 11) is 0. The third-order valence-corrected chi connectivity index (χ3v) is 5.28. The SMILES string of the molecule is CC(N)C(C)C(=O)N1CC2(CCCC2)c2c(F)cccc21.Cl. The van der Waals surface area contributed by atoms with Crippen molar-refractivity contribution >= 4 is 24.0 Å². The predicted octanol–water partition coefficient (Wildman–Crippen LogP) is 3.39. The van der Waals surface area contributed by atoms with E-state index in [1.807, 2.05) is 19.9 Å². The first-order valence-corrected chi connectivity index (χ1v) is 7.82. The molecule has 2 aliphatic rings. The van der Waals surface area contributed by atoms with Crippen LogP contribution in [0.1, 0.15) is 45.1 Å². The summed E-state index contributed by atoms with van der Waals surface area (Å²) in [6.07, 6.45) is 4.16. The van der Waals surface area contributed by atoms with E-state index in [1.165, 1.54) is 6.07 Å². The molecule has 3 rings (SSSR count). The van der Waals surface area contributed by atoms with E-state index in [9.17, 15) is 9.18 Å². The van der Waals surface area contributed by atoms with E-state index in [0.717, 1.165) is 36.9 Å². The second-order valence-electron chi connectivity index (χ2n) is 6.69. The first-order valence-electron chi connectivity index (χ1n) is 7.82. The summed E-state index contributed by atoms with van der Waals surface area (Å²) in [5.41, 5.74) is 7.22. The maximum atomic E-state index is 14.4. The van der Waals surface area contributed by atoms with Gasteiger partial charge in [-0.15, -0.1) is 12.4 Å². The summed E-state index contributed by atoms with van der Waals surface area (Å²) in [6.45, 7) is 4.31. The van der Waals surface area contributed by atoms with Crippen molar-refractivity contribution in [1.29, 1.82) is 0 Å². The molecule has 2 N–H and O–H groups in total. The number of amides is 1. The Morgan fingerprint density at radius 3 is 2.55 bits per heavy atom. The molecule has 1 aromatic carbocycles. The van der Waals surface area contributed by atoms with Gasteiger partial charge in [0.1, 0.15) is 5.82 Å². The van der Waals surface area contributed by atoms with Gasteiger partial charge in [-0.1, -0.05) is 25.8 Å². The minimum atomic E-state index is -0.252. The molecule has 1 aromatic rings. The number of anilines is 1. The third-order valence-electron chi connectivity index (χ3n) is 5.28. The summed E-state index contributed by atoms with van der Waals surface area (Å²) in [4.78, 5) is 14.5. The fraction of sp³-hybridized carbons (Fsp3) is 0.588. The zero-order valence-corrected chi connectivity index (χ0v) is 14.0. The van der Waals surface area contributed by atoms with Gasteiger partial charge in [0.05, 0.1) is 11.6 Å². The molecule has 5 heteroatoms. The van der Waals surface area contributed by atoms with Gasteiger partial charge in [-0.3, -0.25) is 4.79 Å². The van der Waals surface area contributed by atoms with Crippen molar-refractivity contribution in [2.24, 2.45) is 11.7 Å². The monoisotopic (exact) mass is 326 g/mol. The van der Waals surface area contributed by atoms with Crippen LogP contribution in [0.4, 0.5) is 10.1 Å². The topological polar surface area (TPSA) is 46.3 Å². The molecule has 1 spiro atoms. The zero-order chi connectivity index (χ0) is 15.2. The minimum Gasteiger partial charge on any atom is -0.327 e. The number of rotatable bonds is 2. The number of hydrogen-bond acceptors (Lipinski definition) is 2. The molecule has 0 bridgehead atoms. The Morgan fingerprint density at radius 2 is 1.95 bits per heavy atom. The van der Waals surface area contributed by atoms with E-state index in [1.54, 1.807) is 11.0 Å². The molecule has 1 aliphatic heterocycles. The standard InChI is InChI=1S/C17H23FN2O.ClH/c1-11(12(2)19)16(21)20-10-17(8-3-4-9-17)15-13(18)6-5-7-14(15)20;/h5-7,11-12H,3-4,8-10,19H2,1-2H3;1H. The van der Waals surface area contributed by atoms with Crippen LogP contribution in [0.2, 0.25) is 0 Å². The summed E-state index contributed by atoms with van der Waals surface area (Å²) >= 11 is 0. The van der Waals surface area contributed by atoms with Gasteiger partial charge < -0.3 is 10.6 Å². The van der Waals surface area contributed by atoms with Gasteiger partial charge in [0, 0.05) is 23.6 Å². The van der Waals surface area contributed by atoms with Gasteiger partial charge in [-0.05, 0) is 31.9 Å². The first-order chi connectivity index (χ1) is 9.96. The molecule has 22 heavy (non-hydrogen) atoms. The lowest BCUT2D eigenvalue weighted by molar-refractivity contribution is -0.122. The number of benzene rings is 1. The van der Waals surface area contributed by atoms with Gasteiger partial charge >= 0.3 is 0 Å². The normalized spacial score (nSPS) is 21.4. The number of hydrogen-bond donors (Lipinski definition) is 1. The van der Waals surface area contributed by atoms with Crippen molar-refractivity contribution in [3.63, 3.8) is 0 Å². The maximum absolute atomic E-state index is 14.4. The van der Waals surface area contributed by atoms with Crippen LogP contribution in [0.25, 0.3) is 0 Å². The molecule has 0 radical (unpaired) electrons. The highest BCUT2D eigenvalue weighted by atomic mass is 35.5. The van der Waals surface area contributed by atoms with Crippen LogP contribution < -0.4 is 10.6 Å². The number of nitrogens with zero attached hydrogens (tertiary/aromatic N) is 1. The van der Waals surface area contributed by atoms with Crippen molar-refractivity contribution in [2.45, 2.75) is 51.0 Å². The van der Waals surface area contributed by atoms with Crippen LogP contribution in [-0.4, -0.2) is 18.5 Å². The van der Waals surface area contributed by atoms with Crippen molar-refractivity contribution in [3.05, 3.63) is 29.6 Å². The molecule has 3 nitrogen and oxygen atoms in total. The van der Waals surface area contributed by atoms with Crippen LogP contribution >= 0.6 is 12.4 Å². The Bertz CT molecular complexity index is 570. The highest BCUT2D eigenvalue weighted by Crippen LogP contribution is 2.51. The number of carbonyl (C=O) groups is 1. The summed E-state index contributed by atoms with van der Waals surface area (Å²) in [5, 5.41) is 0. The molecule has 2 unspecified atom stereocenters. The van der Waals surface area contributed by atoms with Gasteiger partial charge in [0.2, 0.25) is 5.91 Å². The Labute approximate surface area is 137 Å². The molecule has 1 fully saturated rings. The van der Waals surface area contributed by atoms with E-state index in [4.69, 9.17) is 5.73 Å². The van der Waals surface area contributed by atoms with Gasteiger partial charge in [-0.25, -0.2) is 4.39 Å². The second-order valence-corrected chi connectivity index (χ2v) is 6.69. The number of fused-ring (bicyclic) bond motifs is 2. The largest absolute Gasteiger partial charge is 0.327 e. The zero-order valence-electron chi connectivity index (χ0n) is 13.1. The predicted molar refractivity (Wildman–Crippen MR) is 89.0 cm³/mol. The van der Waals surface area contributed by atoms with Gasteiger partial charge in [0.15, 0.2) is 0 Å². The molecule has 1 aliphatic carbocycles. The Hall–Kier alpha value is -1.13. The third kappa shape index (κ3) is 2.52. The highest BCUT2D eigenvalue weighted by molar-refractivity contribution is 5.98. The van der Waals surface area contributed by atoms with Crippen molar-refractivity contribution in [3.8, 4) is 0 Å². The first kappa shape index (κ1) is 17.2. The smallest absolute Gasteiger partial charge is 0.231 e. The molecule has 2 atom stereocenters. The number of halogens is 2. The van der Waals surface area contributed by atoms with Crippen LogP contribution in [-0.2, 0) is 10.2 Å². The van der Waals surface area contributed by atoms with Crippen molar-refractivity contribution < 1.29 is 9.18 Å². The lowest BCUT2D eigenvalue weighted by Crippen LogP contribution is -2.43. The number of nitrogens with two attached hydrogens (primary N) is 1. The van der Waals surface area contributed by atoms with Crippen LogP contribution in [0.3, 0.4) is 0 Å². The lowest BCUT2D eigenvalue weighted by Gasteiger charge is -2.27. The summed E-state index contributed by atoms with van der Waals surface area (Å²) in [6, 6.07) is 4.88. The molecule has 1 amide bonds. The Morgan fingerprint density at radius 1 is 1.32 bits per heavy atom. The molecule has 1 saturated carbocycles. The van der Waals surface area contributed by atoms with Crippen LogP contribution in [0.15, 0.2) is 18.2 Å². The average Bonchev–Trinajstić information content (AvgIpc) is 3.04. The minimum absolute atomic E-state index is 0. The van der Waals surface area contributed by atoms with Crippen molar-refractivity contribution in [2.75, 3.05) is 11.4 Å². The molecule has 122 valence electrons. The molecular formula is C17H24ClFN2O. The fourth-order valence-electron chi connectivity index (χ4n) is 3.86. The fourth-order valence-corrected chi connectivity index (χ4v) is 3.86. The average molecular weight is 327 g/mol. The quantitative estimate of drug-likeness (QED) is 0.905. The van der Waals surface area contributed by atoms with Gasteiger partial charge in [0.25, 0.3) is 0 Å². The summed E-state index contributed by atoms with van der Waals surface area (Å²) < 4.78 is 14.4. The molecule has 1 heterocycles. The van der Waals surface area contributed by atoms with Gasteiger partial charge in [-0.2, -0.15) is 0 Å². The van der Waals surface area contributed by atoms with E-state index in [-0.39, 0.29) is 41.5 Å². The lowest BCUT2D eigenvalue weighted by atomic mass is 9.80. The molecule has 0 saturated heterocycles. The summed E-state index contributed by atoms with van der Waals surface area (Å²) in [5.74, 6) is -0.406. The van der Waals surface area contributed by atoms with E-state index in [2.05, 4.69) is 0 Å². The van der Waals surface area contributed by atoms with Crippen LogP contribution in [0, 0.1) is 11.7 Å². The molecular weight excluding hydrogens is 303 g/mol. The van der Waals surface area contributed by atoms with E-state index >= 15 is 0 Å². The van der Waals surface area contributed by atoms with Crippen molar-refractivity contribution in [1.82, 2.24) is 0 Å². The Balaban J connectivity index is 0.00000176. The highest BCUT2D eigenvalue weighted by Gasteiger charge is 2.48. The second kappa shape index (κ2) is 6.17. The maximum Gasteiger partial charge on any atom is 0.231 e. The number of carbonyl (C=O) groups excluding carboxylic acids is 1. The van der Waals surface area contributed by atoms with Crippen LogP contribution in [0.5, 0.6) is 0 Å². The Kier molecular flexibility index (Phi) is 4.83. The van der Waals surface area contributed by atoms with E-state index in [0.29, 0.717) is 6.54 Å². The van der Waals surface area contributed by atoms with E-state index < -0.39 is 0 Å².